The van der Waals surface area contributed by atoms with Crippen molar-refractivity contribution in [3.8, 4) is 0 Å². The summed E-state index contributed by atoms with van der Waals surface area (Å²) in [5.74, 6) is 1.62. The number of ether oxygens (including phenoxy) is 1. The lowest BCUT2D eigenvalue weighted by molar-refractivity contribution is 0.193. The third-order valence-electron chi connectivity index (χ3n) is 2.96. The largest absolute Gasteiger partial charge is 0.379 e. The normalized spacial score (nSPS) is 20.1. The summed E-state index contributed by atoms with van der Waals surface area (Å²) in [6, 6.07) is 0.393. The lowest BCUT2D eigenvalue weighted by Crippen LogP contribution is -2.33. The van der Waals surface area contributed by atoms with Gasteiger partial charge in [0, 0.05) is 19.2 Å². The number of hydrogen-bond donors (Lipinski definition) is 0. The average Bonchev–Trinajstić information content (AvgIpc) is 2.75. The predicted octanol–water partition coefficient (Wildman–Crippen LogP) is 1.97. The van der Waals surface area contributed by atoms with Crippen LogP contribution in [0.25, 0.3) is 0 Å². The van der Waals surface area contributed by atoms with Crippen LogP contribution in [-0.2, 0) is 4.74 Å². The maximum Gasteiger partial charge on any atom is 0.137 e. The lowest BCUT2D eigenvalue weighted by Gasteiger charge is -2.26. The maximum absolute atomic E-state index is 6.06. The Morgan fingerprint density at radius 2 is 2.12 bits per heavy atom. The van der Waals surface area contributed by atoms with Crippen LogP contribution in [-0.4, -0.2) is 36.3 Å². The van der Waals surface area contributed by atoms with Crippen molar-refractivity contribution in [3.63, 3.8) is 0 Å². The highest BCUT2D eigenvalue weighted by atomic mass is 35.5. The van der Waals surface area contributed by atoms with Crippen molar-refractivity contribution in [1.82, 2.24) is 9.97 Å². The van der Waals surface area contributed by atoms with Gasteiger partial charge in [-0.15, -0.1) is 0 Å². The van der Waals surface area contributed by atoms with Crippen molar-refractivity contribution in [3.05, 3.63) is 16.5 Å². The molecule has 0 aliphatic carbocycles. The quantitative estimate of drug-likeness (QED) is 0.742. The molecule has 1 fully saturated rings. The molecular weight excluding hydrogens is 226 g/mol. The van der Waals surface area contributed by atoms with E-state index in [1.54, 1.807) is 0 Å². The molecule has 0 spiro atoms. The molecule has 16 heavy (non-hydrogen) atoms. The molecule has 0 N–H and O–H groups in total. The standard InChI is InChI=1S/C11H16ClN3O/c1-7-10(12)13-8(2)14-11(7)15(3)9-4-5-16-6-9/h9H,4-6H2,1-3H3. The fourth-order valence-corrected chi connectivity index (χ4v) is 2.13. The minimum Gasteiger partial charge on any atom is -0.379 e. The first-order valence-corrected chi connectivity index (χ1v) is 5.78. The second kappa shape index (κ2) is 4.55. The molecule has 2 rings (SSSR count). The highest BCUT2D eigenvalue weighted by Crippen LogP contribution is 2.25. The first-order valence-electron chi connectivity index (χ1n) is 5.41. The zero-order chi connectivity index (χ0) is 11.7. The third kappa shape index (κ3) is 2.13. The third-order valence-corrected chi connectivity index (χ3v) is 3.33. The Bertz CT molecular complexity index is 391. The van der Waals surface area contributed by atoms with Gasteiger partial charge in [-0.25, -0.2) is 9.97 Å². The van der Waals surface area contributed by atoms with Crippen LogP contribution in [0.3, 0.4) is 0 Å². The van der Waals surface area contributed by atoms with E-state index in [4.69, 9.17) is 16.3 Å². The Hall–Kier alpha value is -0.870. The number of rotatable bonds is 2. The number of nitrogens with zero attached hydrogens (tertiary/aromatic N) is 3. The van der Waals surface area contributed by atoms with Crippen molar-refractivity contribution >= 4 is 17.4 Å². The topological polar surface area (TPSA) is 38.2 Å². The van der Waals surface area contributed by atoms with E-state index in [2.05, 4.69) is 14.9 Å². The molecule has 0 saturated carbocycles. The minimum atomic E-state index is 0.393. The SMILES string of the molecule is Cc1nc(Cl)c(C)c(N(C)C2CCOC2)n1. The fraction of sp³-hybridized carbons (Fsp3) is 0.636. The molecule has 0 bridgehead atoms. The van der Waals surface area contributed by atoms with E-state index in [0.717, 1.165) is 31.0 Å². The van der Waals surface area contributed by atoms with E-state index in [-0.39, 0.29) is 0 Å². The van der Waals surface area contributed by atoms with Gasteiger partial charge in [0.1, 0.15) is 16.8 Å². The van der Waals surface area contributed by atoms with Gasteiger partial charge in [0.15, 0.2) is 0 Å². The Labute approximate surface area is 101 Å². The molecular formula is C11H16ClN3O. The molecule has 1 aliphatic rings. The molecule has 1 unspecified atom stereocenters. The average molecular weight is 242 g/mol. The molecule has 1 aromatic heterocycles. The molecule has 1 aromatic rings. The second-order valence-electron chi connectivity index (χ2n) is 4.14. The Balaban J connectivity index is 2.31. The van der Waals surface area contributed by atoms with E-state index in [1.807, 2.05) is 20.9 Å². The minimum absolute atomic E-state index is 0.393. The van der Waals surface area contributed by atoms with Crippen LogP contribution in [0.2, 0.25) is 5.15 Å². The van der Waals surface area contributed by atoms with Gasteiger partial charge in [0.05, 0.1) is 12.6 Å². The number of likely N-dealkylation sites (N-methyl/N-ethyl adjacent to an activating group) is 1. The Kier molecular flexibility index (Phi) is 3.30. The second-order valence-corrected chi connectivity index (χ2v) is 4.50. The van der Waals surface area contributed by atoms with Crippen molar-refractivity contribution < 1.29 is 4.74 Å². The van der Waals surface area contributed by atoms with E-state index < -0.39 is 0 Å². The number of halogens is 1. The van der Waals surface area contributed by atoms with Gasteiger partial charge in [0.2, 0.25) is 0 Å². The molecule has 2 heterocycles. The number of aromatic nitrogens is 2. The molecule has 88 valence electrons. The van der Waals surface area contributed by atoms with Crippen LogP contribution >= 0.6 is 11.6 Å². The lowest BCUT2D eigenvalue weighted by atomic mass is 10.2. The van der Waals surface area contributed by atoms with Crippen molar-refractivity contribution in [2.75, 3.05) is 25.2 Å². The molecule has 1 saturated heterocycles. The molecule has 4 nitrogen and oxygen atoms in total. The highest BCUT2D eigenvalue weighted by molar-refractivity contribution is 6.30. The maximum atomic E-state index is 6.06. The summed E-state index contributed by atoms with van der Waals surface area (Å²) in [5.41, 5.74) is 0.932. The van der Waals surface area contributed by atoms with Crippen LogP contribution < -0.4 is 4.90 Å². The fourth-order valence-electron chi connectivity index (χ4n) is 1.92. The first kappa shape index (κ1) is 11.6. The van der Waals surface area contributed by atoms with Gasteiger partial charge >= 0.3 is 0 Å². The Morgan fingerprint density at radius 1 is 1.38 bits per heavy atom. The molecule has 0 radical (unpaired) electrons. The van der Waals surface area contributed by atoms with Gasteiger partial charge in [-0.3, -0.25) is 0 Å². The van der Waals surface area contributed by atoms with Crippen LogP contribution in [0, 0.1) is 13.8 Å². The van der Waals surface area contributed by atoms with Gasteiger partial charge in [-0.2, -0.15) is 0 Å². The molecule has 1 atom stereocenters. The summed E-state index contributed by atoms with van der Waals surface area (Å²) in [4.78, 5) is 10.7. The predicted molar refractivity (Wildman–Crippen MR) is 64.1 cm³/mol. The molecule has 0 aromatic carbocycles. The van der Waals surface area contributed by atoms with Crippen molar-refractivity contribution in [2.45, 2.75) is 26.3 Å². The van der Waals surface area contributed by atoms with E-state index >= 15 is 0 Å². The number of hydrogen-bond acceptors (Lipinski definition) is 4. The van der Waals surface area contributed by atoms with Crippen LogP contribution in [0.1, 0.15) is 17.8 Å². The summed E-state index contributed by atoms with van der Waals surface area (Å²) in [6.45, 7) is 5.39. The van der Waals surface area contributed by atoms with Crippen LogP contribution in [0.15, 0.2) is 0 Å². The molecule has 5 heteroatoms. The summed E-state index contributed by atoms with van der Waals surface area (Å²) >= 11 is 6.06. The Morgan fingerprint density at radius 3 is 2.75 bits per heavy atom. The molecule has 0 amide bonds. The molecule has 1 aliphatic heterocycles. The van der Waals surface area contributed by atoms with Crippen molar-refractivity contribution in [1.29, 1.82) is 0 Å². The number of anilines is 1. The highest BCUT2D eigenvalue weighted by Gasteiger charge is 2.23. The smallest absolute Gasteiger partial charge is 0.137 e. The van der Waals surface area contributed by atoms with E-state index in [0.29, 0.717) is 17.0 Å². The monoisotopic (exact) mass is 241 g/mol. The van der Waals surface area contributed by atoms with Gasteiger partial charge in [0.25, 0.3) is 0 Å². The van der Waals surface area contributed by atoms with Crippen molar-refractivity contribution in [2.24, 2.45) is 0 Å². The summed E-state index contributed by atoms with van der Waals surface area (Å²) in [5, 5.41) is 0.535. The zero-order valence-electron chi connectivity index (χ0n) is 9.83. The summed E-state index contributed by atoms with van der Waals surface area (Å²) < 4.78 is 5.38. The van der Waals surface area contributed by atoms with Gasteiger partial charge < -0.3 is 9.64 Å². The zero-order valence-corrected chi connectivity index (χ0v) is 10.6. The van der Waals surface area contributed by atoms with Crippen LogP contribution in [0.5, 0.6) is 0 Å². The first-order chi connectivity index (χ1) is 7.59. The van der Waals surface area contributed by atoms with E-state index in [1.165, 1.54) is 0 Å². The summed E-state index contributed by atoms with van der Waals surface area (Å²) in [7, 11) is 2.03. The number of aryl methyl sites for hydroxylation is 1. The van der Waals surface area contributed by atoms with Gasteiger partial charge in [-0.1, -0.05) is 11.6 Å². The van der Waals surface area contributed by atoms with Crippen LogP contribution in [0.4, 0.5) is 5.82 Å². The van der Waals surface area contributed by atoms with E-state index in [9.17, 15) is 0 Å². The summed E-state index contributed by atoms with van der Waals surface area (Å²) in [6.07, 6.45) is 1.04. The van der Waals surface area contributed by atoms with Gasteiger partial charge in [-0.05, 0) is 20.3 Å².